The summed E-state index contributed by atoms with van der Waals surface area (Å²) in [6, 6.07) is 29.4. The minimum atomic E-state index is -0.180. The quantitative estimate of drug-likeness (QED) is 0.677. The summed E-state index contributed by atoms with van der Waals surface area (Å²) in [5, 5.41) is 3.12. The molecule has 2 unspecified atom stereocenters. The summed E-state index contributed by atoms with van der Waals surface area (Å²) in [7, 11) is 0. The molecule has 0 bridgehead atoms. The molecule has 1 amide bonds. The van der Waals surface area contributed by atoms with Crippen LogP contribution in [-0.2, 0) is 24.2 Å². The van der Waals surface area contributed by atoms with Crippen LogP contribution >= 0.6 is 0 Å². The van der Waals surface area contributed by atoms with Gasteiger partial charge in [0.2, 0.25) is 5.91 Å². The summed E-state index contributed by atoms with van der Waals surface area (Å²) in [4.78, 5) is 15.3. The van der Waals surface area contributed by atoms with Crippen LogP contribution in [0.4, 0.5) is 0 Å². The average Bonchev–Trinajstić information content (AvgIpc) is 2.78. The smallest absolute Gasteiger partial charge is 0.237 e. The van der Waals surface area contributed by atoms with E-state index in [9.17, 15) is 4.79 Å². The Hall–Kier alpha value is -2.91. The monoisotopic (exact) mass is 384 g/mol. The number of nitrogens with zero attached hydrogens (tertiary/aromatic N) is 1. The molecule has 3 aromatic carbocycles. The van der Waals surface area contributed by atoms with Crippen molar-refractivity contribution >= 4 is 5.91 Å². The summed E-state index contributed by atoms with van der Waals surface area (Å²) in [5.41, 5.74) is 5.18. The molecule has 1 N–H and O–H groups in total. The summed E-state index contributed by atoms with van der Waals surface area (Å²) < 4.78 is 0. The number of carbonyl (C=O) groups excluding carboxylic acids is 1. The number of carbonyl (C=O) groups is 1. The van der Waals surface area contributed by atoms with Crippen LogP contribution in [-0.4, -0.2) is 23.4 Å². The van der Waals surface area contributed by atoms with Gasteiger partial charge in [0.05, 0.1) is 6.04 Å². The SMILES string of the molecule is CC(C(=O)NCc1ccccc1)N1CCc2ccccc2C1Cc1ccccc1. The fourth-order valence-corrected chi connectivity index (χ4v) is 4.28. The molecular weight excluding hydrogens is 356 g/mol. The molecule has 1 heterocycles. The molecule has 0 aromatic heterocycles. The molecule has 0 aliphatic carbocycles. The topological polar surface area (TPSA) is 32.3 Å². The van der Waals surface area contributed by atoms with Gasteiger partial charge in [-0.2, -0.15) is 0 Å². The Morgan fingerprint density at radius 3 is 2.28 bits per heavy atom. The zero-order chi connectivity index (χ0) is 20.1. The third-order valence-corrected chi connectivity index (χ3v) is 5.91. The Labute approximate surface area is 173 Å². The lowest BCUT2D eigenvalue weighted by Gasteiger charge is -2.40. The first-order valence-electron chi connectivity index (χ1n) is 10.4. The Balaban J connectivity index is 1.53. The lowest BCUT2D eigenvalue weighted by Crippen LogP contribution is -2.49. The van der Waals surface area contributed by atoms with E-state index in [4.69, 9.17) is 0 Å². The van der Waals surface area contributed by atoms with E-state index in [0.29, 0.717) is 6.54 Å². The molecule has 0 saturated heterocycles. The van der Waals surface area contributed by atoms with E-state index in [1.54, 1.807) is 0 Å². The van der Waals surface area contributed by atoms with Crippen molar-refractivity contribution in [1.29, 1.82) is 0 Å². The molecule has 0 radical (unpaired) electrons. The van der Waals surface area contributed by atoms with Gasteiger partial charge in [0, 0.05) is 19.1 Å². The van der Waals surface area contributed by atoms with Crippen LogP contribution in [0.2, 0.25) is 0 Å². The minimum Gasteiger partial charge on any atom is -0.351 e. The third-order valence-electron chi connectivity index (χ3n) is 5.91. The number of fused-ring (bicyclic) bond motifs is 1. The van der Waals surface area contributed by atoms with Gasteiger partial charge in [-0.25, -0.2) is 0 Å². The van der Waals surface area contributed by atoms with E-state index in [1.165, 1.54) is 16.7 Å². The third kappa shape index (κ3) is 4.57. The maximum atomic E-state index is 13.0. The highest BCUT2D eigenvalue weighted by Gasteiger charge is 2.33. The van der Waals surface area contributed by atoms with Crippen molar-refractivity contribution in [2.24, 2.45) is 0 Å². The summed E-state index contributed by atoms with van der Waals surface area (Å²) >= 11 is 0. The van der Waals surface area contributed by atoms with Crippen molar-refractivity contribution in [3.8, 4) is 0 Å². The van der Waals surface area contributed by atoms with Crippen molar-refractivity contribution in [2.45, 2.75) is 38.4 Å². The van der Waals surface area contributed by atoms with Gasteiger partial charge in [-0.15, -0.1) is 0 Å². The van der Waals surface area contributed by atoms with Gasteiger partial charge in [0.25, 0.3) is 0 Å². The minimum absolute atomic E-state index is 0.0892. The van der Waals surface area contributed by atoms with Gasteiger partial charge in [-0.05, 0) is 42.0 Å². The number of nitrogens with one attached hydrogen (secondary N) is 1. The molecule has 3 nitrogen and oxygen atoms in total. The van der Waals surface area contributed by atoms with Crippen LogP contribution in [0.15, 0.2) is 84.9 Å². The predicted molar refractivity (Wildman–Crippen MR) is 117 cm³/mol. The molecule has 3 aromatic rings. The first kappa shape index (κ1) is 19.4. The molecule has 2 atom stereocenters. The fourth-order valence-electron chi connectivity index (χ4n) is 4.28. The molecule has 29 heavy (non-hydrogen) atoms. The zero-order valence-electron chi connectivity index (χ0n) is 16.9. The van der Waals surface area contributed by atoms with Crippen molar-refractivity contribution in [2.75, 3.05) is 6.54 Å². The Kier molecular flexibility index (Phi) is 6.06. The summed E-state index contributed by atoms with van der Waals surface area (Å²) in [5.74, 6) is 0.0892. The van der Waals surface area contributed by atoms with Gasteiger partial charge in [0.15, 0.2) is 0 Å². The number of amides is 1. The van der Waals surface area contributed by atoms with Crippen molar-refractivity contribution in [1.82, 2.24) is 10.2 Å². The largest absolute Gasteiger partial charge is 0.351 e. The second-order valence-corrected chi connectivity index (χ2v) is 7.77. The van der Waals surface area contributed by atoms with E-state index in [2.05, 4.69) is 64.8 Å². The molecule has 1 aliphatic rings. The summed E-state index contributed by atoms with van der Waals surface area (Å²) in [6.45, 7) is 3.50. The Morgan fingerprint density at radius 1 is 0.931 bits per heavy atom. The number of hydrogen-bond acceptors (Lipinski definition) is 2. The van der Waals surface area contributed by atoms with Crippen LogP contribution in [0.25, 0.3) is 0 Å². The summed E-state index contributed by atoms with van der Waals surface area (Å²) in [6.07, 6.45) is 1.89. The van der Waals surface area contributed by atoms with Crippen LogP contribution in [0.1, 0.15) is 35.2 Å². The number of rotatable bonds is 6. The molecule has 0 saturated carbocycles. The molecule has 4 rings (SSSR count). The lowest BCUT2D eigenvalue weighted by molar-refractivity contribution is -0.127. The normalized spacial score (nSPS) is 17.3. The van der Waals surface area contributed by atoms with Gasteiger partial charge in [-0.1, -0.05) is 84.9 Å². The van der Waals surface area contributed by atoms with E-state index in [1.807, 2.05) is 37.3 Å². The van der Waals surface area contributed by atoms with Crippen LogP contribution < -0.4 is 5.32 Å². The van der Waals surface area contributed by atoms with Gasteiger partial charge in [0.1, 0.15) is 0 Å². The average molecular weight is 385 g/mol. The molecular formula is C26H28N2O. The van der Waals surface area contributed by atoms with E-state index in [-0.39, 0.29) is 18.0 Å². The Bertz CT molecular complexity index is 939. The molecule has 1 aliphatic heterocycles. The van der Waals surface area contributed by atoms with E-state index >= 15 is 0 Å². The fraction of sp³-hybridized carbons (Fsp3) is 0.269. The maximum absolute atomic E-state index is 13.0. The van der Waals surface area contributed by atoms with Crippen LogP contribution in [0.5, 0.6) is 0 Å². The van der Waals surface area contributed by atoms with E-state index in [0.717, 1.165) is 24.9 Å². The van der Waals surface area contributed by atoms with Gasteiger partial charge >= 0.3 is 0 Å². The van der Waals surface area contributed by atoms with Crippen LogP contribution in [0, 0.1) is 0 Å². The molecule has 0 spiro atoms. The Morgan fingerprint density at radius 2 is 1.55 bits per heavy atom. The van der Waals surface area contributed by atoms with E-state index < -0.39 is 0 Å². The standard InChI is InChI=1S/C26H28N2O/c1-20(26(29)27-19-22-12-6-3-7-13-22)28-17-16-23-14-8-9-15-24(23)25(28)18-21-10-4-2-5-11-21/h2-15,20,25H,16-19H2,1H3,(H,27,29). The lowest BCUT2D eigenvalue weighted by atomic mass is 9.87. The maximum Gasteiger partial charge on any atom is 0.237 e. The first-order chi connectivity index (χ1) is 14.2. The highest BCUT2D eigenvalue weighted by molar-refractivity contribution is 5.81. The first-order valence-corrected chi connectivity index (χ1v) is 10.4. The number of benzene rings is 3. The number of hydrogen-bond donors (Lipinski definition) is 1. The highest BCUT2D eigenvalue weighted by Crippen LogP contribution is 2.34. The predicted octanol–water partition coefficient (Wildman–Crippen LogP) is 4.53. The molecule has 3 heteroatoms. The van der Waals surface area contributed by atoms with Crippen molar-refractivity contribution in [3.05, 3.63) is 107 Å². The molecule has 0 fully saturated rings. The van der Waals surface area contributed by atoms with Crippen LogP contribution in [0.3, 0.4) is 0 Å². The van der Waals surface area contributed by atoms with Crippen molar-refractivity contribution < 1.29 is 4.79 Å². The second-order valence-electron chi connectivity index (χ2n) is 7.77. The molecule has 148 valence electrons. The van der Waals surface area contributed by atoms with Gasteiger partial charge < -0.3 is 5.32 Å². The second kappa shape index (κ2) is 9.06. The zero-order valence-corrected chi connectivity index (χ0v) is 16.9. The van der Waals surface area contributed by atoms with Gasteiger partial charge in [-0.3, -0.25) is 9.69 Å². The van der Waals surface area contributed by atoms with Crippen molar-refractivity contribution in [3.63, 3.8) is 0 Å². The highest BCUT2D eigenvalue weighted by atomic mass is 16.2.